The number of carbonyl (C=O) groups excluding carboxylic acids is 1. The number of aromatic nitrogens is 1. The van der Waals surface area contributed by atoms with Gasteiger partial charge in [0.2, 0.25) is 10.0 Å². The quantitative estimate of drug-likeness (QED) is 0.872. The molecule has 0 aliphatic heterocycles. The summed E-state index contributed by atoms with van der Waals surface area (Å²) >= 11 is 7.51. The molecule has 1 aromatic carbocycles. The standard InChI is InChI=1S/C14H16ClN3O3S2/c1-9-16-7-10(22-9)8-17-14(19)12-6-11(4-5-13(12)15)23(20,21)18(2)3/h4-7H,8H2,1-3H3,(H,17,19). The van der Waals surface area contributed by atoms with Crippen LogP contribution in [0, 0.1) is 6.92 Å². The molecule has 124 valence electrons. The summed E-state index contributed by atoms with van der Waals surface area (Å²) in [5.74, 6) is -0.433. The summed E-state index contributed by atoms with van der Waals surface area (Å²) in [4.78, 5) is 17.3. The third-order valence-corrected chi connectivity index (χ3v) is 6.11. The molecule has 1 amide bonds. The van der Waals surface area contributed by atoms with E-state index in [1.165, 1.54) is 43.6 Å². The first kappa shape index (κ1) is 17.9. The molecule has 0 aliphatic rings. The third-order valence-electron chi connectivity index (χ3n) is 3.05. The molecular formula is C14H16ClN3O3S2. The van der Waals surface area contributed by atoms with E-state index in [9.17, 15) is 13.2 Å². The second kappa shape index (κ2) is 6.96. The lowest BCUT2D eigenvalue weighted by atomic mass is 10.2. The van der Waals surface area contributed by atoms with Crippen LogP contribution in [0.4, 0.5) is 0 Å². The van der Waals surface area contributed by atoms with Crippen LogP contribution in [0.25, 0.3) is 0 Å². The van der Waals surface area contributed by atoms with Crippen LogP contribution < -0.4 is 5.32 Å². The Morgan fingerprint density at radius 1 is 1.39 bits per heavy atom. The van der Waals surface area contributed by atoms with Crippen LogP contribution in [0.2, 0.25) is 5.02 Å². The summed E-state index contributed by atoms with van der Waals surface area (Å²) in [7, 11) is -0.774. The summed E-state index contributed by atoms with van der Waals surface area (Å²) in [5.41, 5.74) is 0.121. The van der Waals surface area contributed by atoms with E-state index in [1.54, 1.807) is 6.20 Å². The number of amides is 1. The van der Waals surface area contributed by atoms with Crippen molar-refractivity contribution in [3.8, 4) is 0 Å². The van der Waals surface area contributed by atoms with Gasteiger partial charge in [0, 0.05) is 25.2 Å². The van der Waals surface area contributed by atoms with Gasteiger partial charge in [0.1, 0.15) is 0 Å². The SMILES string of the molecule is Cc1ncc(CNC(=O)c2cc(S(=O)(=O)N(C)C)ccc2Cl)s1. The number of rotatable bonds is 5. The number of benzene rings is 1. The number of hydrogen-bond acceptors (Lipinski definition) is 5. The highest BCUT2D eigenvalue weighted by Gasteiger charge is 2.20. The molecule has 0 saturated heterocycles. The predicted octanol–water partition coefficient (Wildman–Crippen LogP) is 2.29. The zero-order valence-corrected chi connectivity index (χ0v) is 15.2. The minimum absolute atomic E-state index is 0.0192. The van der Waals surface area contributed by atoms with Crippen molar-refractivity contribution < 1.29 is 13.2 Å². The molecule has 0 unspecified atom stereocenters. The van der Waals surface area contributed by atoms with Crippen LogP contribution in [0.1, 0.15) is 20.2 Å². The Hall–Kier alpha value is -1.48. The van der Waals surface area contributed by atoms with Crippen molar-refractivity contribution in [2.24, 2.45) is 0 Å². The van der Waals surface area contributed by atoms with E-state index in [0.717, 1.165) is 14.2 Å². The number of carbonyl (C=O) groups is 1. The number of nitrogens with zero attached hydrogens (tertiary/aromatic N) is 2. The number of halogens is 1. The summed E-state index contributed by atoms with van der Waals surface area (Å²) < 4.78 is 25.4. The highest BCUT2D eigenvalue weighted by molar-refractivity contribution is 7.89. The van der Waals surface area contributed by atoms with Crippen LogP contribution >= 0.6 is 22.9 Å². The first-order valence-electron chi connectivity index (χ1n) is 6.63. The fourth-order valence-electron chi connectivity index (χ4n) is 1.80. The molecule has 0 bridgehead atoms. The van der Waals surface area contributed by atoms with Gasteiger partial charge in [-0.15, -0.1) is 11.3 Å². The first-order valence-corrected chi connectivity index (χ1v) is 9.27. The van der Waals surface area contributed by atoms with E-state index in [2.05, 4.69) is 10.3 Å². The second-order valence-electron chi connectivity index (χ2n) is 4.96. The summed E-state index contributed by atoms with van der Waals surface area (Å²) in [6.45, 7) is 2.19. The van der Waals surface area contributed by atoms with Crippen molar-refractivity contribution in [3.05, 3.63) is 44.9 Å². The van der Waals surface area contributed by atoms with Crippen LogP contribution in [-0.2, 0) is 16.6 Å². The van der Waals surface area contributed by atoms with Gasteiger partial charge in [-0.05, 0) is 25.1 Å². The van der Waals surface area contributed by atoms with Crippen LogP contribution in [-0.4, -0.2) is 37.7 Å². The Balaban J connectivity index is 2.23. The van der Waals surface area contributed by atoms with Gasteiger partial charge in [-0.25, -0.2) is 17.7 Å². The Labute approximate surface area is 144 Å². The molecule has 1 heterocycles. The van der Waals surface area contributed by atoms with Gasteiger partial charge in [0.15, 0.2) is 0 Å². The molecule has 1 N–H and O–H groups in total. The van der Waals surface area contributed by atoms with Crippen LogP contribution in [0.15, 0.2) is 29.3 Å². The van der Waals surface area contributed by atoms with E-state index in [0.29, 0.717) is 6.54 Å². The maximum absolute atomic E-state index is 12.3. The van der Waals surface area contributed by atoms with Crippen molar-refractivity contribution in [2.75, 3.05) is 14.1 Å². The minimum Gasteiger partial charge on any atom is -0.347 e. The average molecular weight is 374 g/mol. The molecule has 0 atom stereocenters. The summed E-state index contributed by atoms with van der Waals surface area (Å²) in [5, 5.41) is 3.82. The molecule has 0 radical (unpaired) electrons. The zero-order chi connectivity index (χ0) is 17.2. The molecule has 9 heteroatoms. The van der Waals surface area contributed by atoms with Gasteiger partial charge in [-0.1, -0.05) is 11.6 Å². The van der Waals surface area contributed by atoms with E-state index in [1.807, 2.05) is 6.92 Å². The molecule has 2 aromatic rings. The van der Waals surface area contributed by atoms with Crippen molar-refractivity contribution in [1.82, 2.24) is 14.6 Å². The van der Waals surface area contributed by atoms with Gasteiger partial charge < -0.3 is 5.32 Å². The smallest absolute Gasteiger partial charge is 0.253 e. The van der Waals surface area contributed by atoms with E-state index < -0.39 is 15.9 Å². The lowest BCUT2D eigenvalue weighted by molar-refractivity contribution is 0.0951. The van der Waals surface area contributed by atoms with Crippen molar-refractivity contribution in [3.63, 3.8) is 0 Å². The van der Waals surface area contributed by atoms with E-state index in [-0.39, 0.29) is 15.5 Å². The van der Waals surface area contributed by atoms with Crippen LogP contribution in [0.5, 0.6) is 0 Å². The number of thiazole rings is 1. The molecule has 0 saturated carbocycles. The number of nitrogens with one attached hydrogen (secondary N) is 1. The molecule has 2 rings (SSSR count). The summed E-state index contributed by atoms with van der Waals surface area (Å²) in [6, 6.07) is 4.07. The minimum atomic E-state index is -3.63. The Morgan fingerprint density at radius 3 is 2.65 bits per heavy atom. The summed E-state index contributed by atoms with van der Waals surface area (Å²) in [6.07, 6.45) is 1.69. The second-order valence-corrected chi connectivity index (χ2v) is 8.84. The number of aryl methyl sites for hydroxylation is 1. The molecule has 23 heavy (non-hydrogen) atoms. The highest BCUT2D eigenvalue weighted by atomic mass is 35.5. The highest BCUT2D eigenvalue weighted by Crippen LogP contribution is 2.22. The largest absolute Gasteiger partial charge is 0.347 e. The molecule has 0 spiro atoms. The lowest BCUT2D eigenvalue weighted by Crippen LogP contribution is -2.25. The third kappa shape index (κ3) is 4.08. The molecule has 6 nitrogen and oxygen atoms in total. The van der Waals surface area contributed by atoms with Crippen LogP contribution in [0.3, 0.4) is 0 Å². The fraction of sp³-hybridized carbons (Fsp3) is 0.286. The average Bonchev–Trinajstić information content (AvgIpc) is 2.90. The first-order chi connectivity index (χ1) is 10.7. The molecule has 0 fully saturated rings. The normalized spacial score (nSPS) is 11.7. The number of hydrogen-bond donors (Lipinski definition) is 1. The zero-order valence-electron chi connectivity index (χ0n) is 12.8. The predicted molar refractivity (Wildman–Crippen MR) is 90.3 cm³/mol. The molecule has 1 aromatic heterocycles. The van der Waals surface area contributed by atoms with Crippen molar-refractivity contribution in [1.29, 1.82) is 0 Å². The van der Waals surface area contributed by atoms with E-state index >= 15 is 0 Å². The Kier molecular flexibility index (Phi) is 5.41. The van der Waals surface area contributed by atoms with Gasteiger partial charge in [-0.2, -0.15) is 0 Å². The Bertz CT molecular complexity index is 832. The molecular weight excluding hydrogens is 358 g/mol. The lowest BCUT2D eigenvalue weighted by Gasteiger charge is -2.13. The topological polar surface area (TPSA) is 79.4 Å². The van der Waals surface area contributed by atoms with Gasteiger partial charge in [-0.3, -0.25) is 4.79 Å². The van der Waals surface area contributed by atoms with E-state index in [4.69, 9.17) is 11.6 Å². The fourth-order valence-corrected chi connectivity index (χ4v) is 3.67. The van der Waals surface area contributed by atoms with Gasteiger partial charge in [0.25, 0.3) is 5.91 Å². The van der Waals surface area contributed by atoms with Crippen molar-refractivity contribution in [2.45, 2.75) is 18.4 Å². The maximum atomic E-state index is 12.3. The van der Waals surface area contributed by atoms with Gasteiger partial charge >= 0.3 is 0 Å². The number of sulfonamides is 1. The molecule has 0 aliphatic carbocycles. The van der Waals surface area contributed by atoms with Crippen molar-refractivity contribution >= 4 is 38.9 Å². The van der Waals surface area contributed by atoms with Gasteiger partial charge in [0.05, 0.1) is 27.0 Å². The monoisotopic (exact) mass is 373 g/mol. The maximum Gasteiger partial charge on any atom is 0.253 e. The Morgan fingerprint density at radius 2 is 2.09 bits per heavy atom.